The Labute approximate surface area is 122 Å². The van der Waals surface area contributed by atoms with Gasteiger partial charge < -0.3 is 11.1 Å². The lowest BCUT2D eigenvalue weighted by molar-refractivity contribution is 0.100. The molecule has 1 heterocycles. The molecule has 0 saturated heterocycles. The maximum atomic E-state index is 11.2. The minimum atomic E-state index is -0.397. The molecule has 0 spiro atoms. The number of hydrogen-bond acceptors (Lipinski definition) is 3. The quantitative estimate of drug-likeness (QED) is 0.848. The number of rotatable bonds is 1. The molecule has 1 amide bonds. The van der Waals surface area contributed by atoms with Crippen molar-refractivity contribution in [3.8, 4) is 0 Å². The van der Waals surface area contributed by atoms with Crippen molar-refractivity contribution < 1.29 is 4.79 Å². The summed E-state index contributed by atoms with van der Waals surface area (Å²) in [4.78, 5) is 13.5. The van der Waals surface area contributed by atoms with E-state index in [9.17, 15) is 4.79 Å². The number of carbonyl (C=O) groups excluding carboxylic acids is 1. The van der Waals surface area contributed by atoms with Crippen molar-refractivity contribution in [2.75, 3.05) is 5.32 Å². The van der Waals surface area contributed by atoms with Crippen molar-refractivity contribution in [2.24, 2.45) is 5.73 Å². The summed E-state index contributed by atoms with van der Waals surface area (Å²) in [5, 5.41) is 3.35. The Kier molecular flexibility index (Phi) is 4.02. The van der Waals surface area contributed by atoms with Crippen LogP contribution in [-0.2, 0) is 6.54 Å². The summed E-state index contributed by atoms with van der Waals surface area (Å²) in [6.45, 7) is 0.762. The van der Waals surface area contributed by atoms with Crippen LogP contribution < -0.4 is 11.1 Å². The summed E-state index contributed by atoms with van der Waals surface area (Å²) in [6.07, 6.45) is 0. The van der Waals surface area contributed by atoms with Gasteiger partial charge in [0.05, 0.1) is 0 Å². The van der Waals surface area contributed by atoms with Crippen LogP contribution in [0.1, 0.15) is 15.9 Å². The summed E-state index contributed by atoms with van der Waals surface area (Å²) in [6, 6.07) is 13.8. The molecule has 0 bridgehead atoms. The number of benzene rings is 2. The van der Waals surface area contributed by atoms with E-state index in [1.54, 1.807) is 17.8 Å². The van der Waals surface area contributed by atoms with Crippen molar-refractivity contribution in [1.29, 1.82) is 0 Å². The van der Waals surface area contributed by atoms with Gasteiger partial charge in [-0.05, 0) is 29.8 Å². The van der Waals surface area contributed by atoms with Gasteiger partial charge in [0.15, 0.2) is 0 Å². The van der Waals surface area contributed by atoms with Crippen molar-refractivity contribution in [3.63, 3.8) is 0 Å². The highest BCUT2D eigenvalue weighted by Gasteiger charge is 2.14. The number of fused-ring (bicyclic) bond motifs is 2. The molecule has 0 aromatic heterocycles. The Morgan fingerprint density at radius 2 is 1.95 bits per heavy atom. The van der Waals surface area contributed by atoms with Crippen LogP contribution in [0, 0.1) is 0 Å². The molecular weight excluding hydrogens is 280 g/mol. The Morgan fingerprint density at radius 1 is 1.16 bits per heavy atom. The van der Waals surface area contributed by atoms with Crippen molar-refractivity contribution in [3.05, 3.63) is 53.6 Å². The summed E-state index contributed by atoms with van der Waals surface area (Å²) in [5.74, 6) is -0.397. The number of anilines is 1. The van der Waals surface area contributed by atoms with Gasteiger partial charge in [0.2, 0.25) is 5.91 Å². The summed E-state index contributed by atoms with van der Waals surface area (Å²) in [5.41, 5.74) is 8.06. The lowest BCUT2D eigenvalue weighted by Gasteiger charge is -2.07. The zero-order valence-corrected chi connectivity index (χ0v) is 11.7. The fraction of sp³-hybridized carbons (Fsp3) is 0.0714. The van der Waals surface area contributed by atoms with E-state index in [0.717, 1.165) is 17.1 Å². The first kappa shape index (κ1) is 13.8. The van der Waals surface area contributed by atoms with Crippen molar-refractivity contribution in [1.82, 2.24) is 0 Å². The van der Waals surface area contributed by atoms with Gasteiger partial charge in [-0.25, -0.2) is 0 Å². The van der Waals surface area contributed by atoms with Gasteiger partial charge in [-0.15, -0.1) is 12.4 Å². The highest BCUT2D eigenvalue weighted by Crippen LogP contribution is 2.38. The normalized spacial score (nSPS) is 12.2. The first-order valence-electron chi connectivity index (χ1n) is 5.67. The number of nitrogens with two attached hydrogens (primary N) is 1. The summed E-state index contributed by atoms with van der Waals surface area (Å²) >= 11 is 1.71. The largest absolute Gasteiger partial charge is 0.380 e. The van der Waals surface area contributed by atoms with Crippen LogP contribution in [0.15, 0.2) is 52.3 Å². The Bertz CT molecular complexity index is 631. The first-order valence-corrected chi connectivity index (χ1v) is 6.49. The Balaban J connectivity index is 0.00000133. The van der Waals surface area contributed by atoms with E-state index in [1.165, 1.54) is 10.5 Å². The smallest absolute Gasteiger partial charge is 0.248 e. The number of amides is 1. The van der Waals surface area contributed by atoms with E-state index < -0.39 is 5.91 Å². The van der Waals surface area contributed by atoms with E-state index in [4.69, 9.17) is 5.73 Å². The van der Waals surface area contributed by atoms with Crippen molar-refractivity contribution >= 4 is 35.8 Å². The molecule has 0 fully saturated rings. The van der Waals surface area contributed by atoms with Crippen LogP contribution in [0.2, 0.25) is 0 Å². The third-order valence-electron chi connectivity index (χ3n) is 2.93. The average Bonchev–Trinajstić information content (AvgIpc) is 2.56. The van der Waals surface area contributed by atoms with E-state index in [2.05, 4.69) is 17.4 Å². The highest BCUT2D eigenvalue weighted by atomic mass is 35.5. The second-order valence-corrected chi connectivity index (χ2v) is 5.22. The molecule has 0 unspecified atom stereocenters. The molecule has 1 aliphatic rings. The number of primary amides is 1. The fourth-order valence-corrected chi connectivity index (χ4v) is 3.00. The van der Waals surface area contributed by atoms with Crippen molar-refractivity contribution in [2.45, 2.75) is 16.3 Å². The summed E-state index contributed by atoms with van der Waals surface area (Å²) in [7, 11) is 0. The minimum absolute atomic E-state index is 0. The van der Waals surface area contributed by atoms with Gasteiger partial charge >= 0.3 is 0 Å². The third-order valence-corrected chi connectivity index (χ3v) is 4.12. The van der Waals surface area contributed by atoms with E-state index in [0.29, 0.717) is 5.56 Å². The van der Waals surface area contributed by atoms with Crippen LogP contribution in [0.4, 0.5) is 5.69 Å². The maximum Gasteiger partial charge on any atom is 0.248 e. The van der Waals surface area contributed by atoms with E-state index in [-0.39, 0.29) is 12.4 Å². The molecule has 2 aromatic carbocycles. The lowest BCUT2D eigenvalue weighted by Crippen LogP contribution is -2.11. The van der Waals surface area contributed by atoms with Gasteiger partial charge in [-0.3, -0.25) is 4.79 Å². The summed E-state index contributed by atoms with van der Waals surface area (Å²) < 4.78 is 0. The molecular formula is C14H13ClN2OS. The topological polar surface area (TPSA) is 55.1 Å². The van der Waals surface area contributed by atoms with Gasteiger partial charge in [-0.2, -0.15) is 0 Å². The monoisotopic (exact) mass is 292 g/mol. The van der Waals surface area contributed by atoms with Crippen LogP contribution in [0.3, 0.4) is 0 Å². The second kappa shape index (κ2) is 5.55. The van der Waals surface area contributed by atoms with Gasteiger partial charge in [-0.1, -0.05) is 30.0 Å². The molecule has 3 N–H and O–H groups in total. The standard InChI is InChI=1S/C14H12N2OS.ClH/c15-14(17)9-5-6-13-11(7-9)16-8-10-3-1-2-4-12(10)18-13;/h1-7,16H,8H2,(H2,15,17);1H. The SMILES string of the molecule is Cl.NC(=O)c1ccc2c(c1)NCc1ccccc1S2. The average molecular weight is 293 g/mol. The molecule has 1 aliphatic heterocycles. The maximum absolute atomic E-state index is 11.2. The zero-order chi connectivity index (χ0) is 12.5. The minimum Gasteiger partial charge on any atom is -0.380 e. The molecule has 0 radical (unpaired) electrons. The molecule has 5 heteroatoms. The van der Waals surface area contributed by atoms with Gasteiger partial charge in [0, 0.05) is 27.6 Å². The molecule has 0 atom stereocenters. The molecule has 2 aromatic rings. The van der Waals surface area contributed by atoms with Crippen LogP contribution >= 0.6 is 24.2 Å². The highest BCUT2D eigenvalue weighted by molar-refractivity contribution is 7.99. The first-order chi connectivity index (χ1) is 8.74. The molecule has 3 rings (SSSR count). The second-order valence-electron chi connectivity index (χ2n) is 4.14. The van der Waals surface area contributed by atoms with Crippen LogP contribution in [0.5, 0.6) is 0 Å². The number of carbonyl (C=O) groups is 1. The van der Waals surface area contributed by atoms with Gasteiger partial charge in [0.25, 0.3) is 0 Å². The molecule has 19 heavy (non-hydrogen) atoms. The number of nitrogens with one attached hydrogen (secondary N) is 1. The van der Waals surface area contributed by atoms with E-state index >= 15 is 0 Å². The lowest BCUT2D eigenvalue weighted by atomic mass is 10.2. The zero-order valence-electron chi connectivity index (χ0n) is 10.1. The molecule has 98 valence electrons. The molecule has 0 saturated carbocycles. The number of hydrogen-bond donors (Lipinski definition) is 2. The fourth-order valence-electron chi connectivity index (χ4n) is 1.97. The molecule has 0 aliphatic carbocycles. The van der Waals surface area contributed by atoms with Crippen LogP contribution in [0.25, 0.3) is 0 Å². The van der Waals surface area contributed by atoms with Crippen LogP contribution in [-0.4, -0.2) is 5.91 Å². The van der Waals surface area contributed by atoms with E-state index in [1.807, 2.05) is 24.3 Å². The molecule has 3 nitrogen and oxygen atoms in total. The number of halogens is 1. The Hall–Kier alpha value is -1.65. The predicted octanol–water partition coefficient (Wildman–Crippen LogP) is 3.28. The van der Waals surface area contributed by atoms with Gasteiger partial charge in [0.1, 0.15) is 0 Å². The predicted molar refractivity (Wildman–Crippen MR) is 80.1 cm³/mol. The Morgan fingerprint density at radius 3 is 2.74 bits per heavy atom. The third kappa shape index (κ3) is 2.69.